The minimum Gasteiger partial charge on any atom is -0.491 e. The van der Waals surface area contributed by atoms with Crippen molar-refractivity contribution >= 4 is 132 Å². The summed E-state index contributed by atoms with van der Waals surface area (Å²) in [4.78, 5) is 147. The number of halogens is 2. The van der Waals surface area contributed by atoms with E-state index >= 15 is 0 Å². The molecule has 133 heavy (non-hydrogen) atoms. The summed E-state index contributed by atoms with van der Waals surface area (Å²) in [6, 6.07) is 6.45. The van der Waals surface area contributed by atoms with Crippen LogP contribution in [0.2, 0.25) is 10.0 Å². The van der Waals surface area contributed by atoms with Crippen LogP contribution in [-0.4, -0.2) is 258 Å². The number of hydrogen-bond donors (Lipinski definition) is 7. The predicted octanol–water partition coefficient (Wildman–Crippen LogP) is 13.2. The Morgan fingerprint density at radius 3 is 1.38 bits per heavy atom. The van der Waals surface area contributed by atoms with Crippen molar-refractivity contribution in [3.05, 3.63) is 82.5 Å². The number of fused-ring (bicyclic) bond motifs is 4. The lowest BCUT2D eigenvalue weighted by atomic mass is 9.85. The lowest BCUT2D eigenvalue weighted by Crippen LogP contribution is -2.59. The van der Waals surface area contributed by atoms with Gasteiger partial charge in [-0.15, -0.1) is 35.8 Å². The van der Waals surface area contributed by atoms with Gasteiger partial charge in [0, 0.05) is 101 Å². The van der Waals surface area contributed by atoms with E-state index in [0.29, 0.717) is 141 Å². The number of amides is 6. The number of aromatic nitrogens is 4. The second-order valence-corrected chi connectivity index (χ2v) is 43.1. The summed E-state index contributed by atoms with van der Waals surface area (Å²) in [7, 11) is 2.52. The van der Waals surface area contributed by atoms with Crippen LogP contribution in [0.1, 0.15) is 161 Å². The molecule has 37 heteroatoms. The molecule has 33 nitrogen and oxygen atoms in total. The average Bonchev–Trinajstić information content (AvgIpc) is 1.59. The van der Waals surface area contributed by atoms with Crippen LogP contribution in [0.3, 0.4) is 0 Å². The third kappa shape index (κ3) is 23.2. The molecule has 6 amide bonds. The number of ether oxygens (including phenoxy) is 10. The monoisotopic (exact) mass is 1910 g/mol. The maximum absolute atomic E-state index is 14.9. The van der Waals surface area contributed by atoms with E-state index in [-0.39, 0.29) is 90.5 Å². The van der Waals surface area contributed by atoms with Gasteiger partial charge in [0.2, 0.25) is 23.6 Å². The molecule has 10 fully saturated rings. The number of nitrogens with zero attached hydrogens (tertiary/aromatic N) is 7. The minimum atomic E-state index is -1.32. The van der Waals surface area contributed by atoms with Gasteiger partial charge in [-0.2, -0.15) is 0 Å². The highest BCUT2D eigenvalue weighted by Gasteiger charge is 2.64. The van der Waals surface area contributed by atoms with Crippen LogP contribution in [0.15, 0.2) is 72.5 Å². The first-order valence-electron chi connectivity index (χ1n) is 46.1. The second kappa shape index (κ2) is 40.7. The van der Waals surface area contributed by atoms with E-state index in [1.807, 2.05) is 86.1 Å². The third-order valence-electron chi connectivity index (χ3n) is 26.5. The molecule has 0 radical (unpaired) electrons. The molecule has 4 unspecified atom stereocenters. The molecule has 0 bridgehead atoms. The molecule has 10 aliphatic rings. The molecule has 6 saturated carbocycles. The number of alkyl carbamates (subject to hydrolysis) is 2. The molecule has 2 aromatic carbocycles. The van der Waals surface area contributed by atoms with Crippen LogP contribution < -0.4 is 56.2 Å². The summed E-state index contributed by atoms with van der Waals surface area (Å²) in [5.74, 6) is -0.177. The molecule has 0 spiro atoms. The van der Waals surface area contributed by atoms with Crippen molar-refractivity contribution in [1.29, 1.82) is 0 Å². The Morgan fingerprint density at radius 1 is 0.579 bits per heavy atom. The second-order valence-electron chi connectivity index (χ2n) is 40.6. The molecular weight excluding hydrogens is 1790 g/mol. The van der Waals surface area contributed by atoms with Crippen molar-refractivity contribution in [3.8, 4) is 45.8 Å². The van der Waals surface area contributed by atoms with Gasteiger partial charge in [-0.25, -0.2) is 39.1 Å². The number of thiazole rings is 2. The van der Waals surface area contributed by atoms with Gasteiger partial charge in [-0.05, 0) is 166 Å². The molecule has 8 heterocycles. The Morgan fingerprint density at radius 2 is 1.02 bits per heavy atom. The van der Waals surface area contributed by atoms with Crippen molar-refractivity contribution < 1.29 is 90.5 Å². The van der Waals surface area contributed by atoms with Gasteiger partial charge >= 0.3 is 24.1 Å². The lowest BCUT2D eigenvalue weighted by Gasteiger charge is -2.41. The van der Waals surface area contributed by atoms with Gasteiger partial charge in [0.25, 0.3) is 0 Å². The molecule has 722 valence electrons. The highest BCUT2D eigenvalue weighted by Crippen LogP contribution is 2.55. The normalized spacial score (nSPS) is 26.7. The van der Waals surface area contributed by atoms with Gasteiger partial charge < -0.3 is 94.4 Å². The molecule has 4 saturated heterocycles. The quantitative estimate of drug-likeness (QED) is 0.00920. The topological polar surface area (TPSA) is 391 Å². The number of benzene rings is 2. The largest absolute Gasteiger partial charge is 0.491 e. The Balaban J connectivity index is 0.000000198. The van der Waals surface area contributed by atoms with E-state index in [1.165, 1.54) is 59.5 Å². The van der Waals surface area contributed by atoms with E-state index < -0.39 is 106 Å². The van der Waals surface area contributed by atoms with Crippen molar-refractivity contribution in [1.82, 2.24) is 61.2 Å². The summed E-state index contributed by atoms with van der Waals surface area (Å²) in [6.45, 7) is 40.9. The van der Waals surface area contributed by atoms with E-state index in [1.54, 1.807) is 42.5 Å². The fraction of sp³-hybridized carbons (Fsp3) is 0.615. The molecule has 16 atom stereocenters. The Labute approximate surface area is 794 Å². The van der Waals surface area contributed by atoms with E-state index in [9.17, 15) is 43.2 Å². The molecule has 4 aliphatic heterocycles. The van der Waals surface area contributed by atoms with Gasteiger partial charge in [-0.1, -0.05) is 76.9 Å². The number of rotatable bonds is 31. The summed E-state index contributed by atoms with van der Waals surface area (Å²) in [5.41, 5.74) is -1.28. The Kier molecular flexibility index (Phi) is 30.3. The molecule has 6 aromatic rings. The van der Waals surface area contributed by atoms with Gasteiger partial charge in [0.05, 0.1) is 76.2 Å². The molecule has 7 N–H and O–H groups in total. The summed E-state index contributed by atoms with van der Waals surface area (Å²) in [5, 5.41) is 28.2. The first-order chi connectivity index (χ1) is 63.0. The molecule has 4 aromatic heterocycles. The maximum Gasteiger partial charge on any atom is 0.408 e. The predicted molar refractivity (Wildman–Crippen MR) is 506 cm³/mol. The number of carbonyl (C=O) groups excluding carboxylic acids is 9. The van der Waals surface area contributed by atoms with Gasteiger partial charge in [0.15, 0.2) is 16.5 Å². The summed E-state index contributed by atoms with van der Waals surface area (Å²) >= 11 is 16.9. The number of nitrogens with one attached hydrogen (secondary N) is 7. The highest BCUT2D eigenvalue weighted by atomic mass is 35.5. The zero-order chi connectivity index (χ0) is 95.7. The number of anilines is 2. The maximum atomic E-state index is 14.9. The molecule has 16 rings (SSSR count). The number of esters is 2. The van der Waals surface area contributed by atoms with Crippen LogP contribution >= 0.6 is 45.9 Å². The number of carbonyl (C=O) groups is 9. The smallest absolute Gasteiger partial charge is 0.408 e. The van der Waals surface area contributed by atoms with Crippen molar-refractivity contribution in [3.63, 3.8) is 0 Å². The van der Waals surface area contributed by atoms with Crippen molar-refractivity contribution in [2.75, 3.05) is 97.2 Å². The zero-order valence-corrected chi connectivity index (χ0v) is 82.0. The number of hydrogen-bond acceptors (Lipinski definition) is 29. The SMILES string of the molecule is C=C[C@@H]1CC1(NC(=O)[C@@H]1C[C@@H](Oc2cc(-c3csc(NC(C)C)n3)nc3c(Cl)c(OCC=O)ccc23)CN1C(=O)[C@@H](NC(=O)OC1C[C@@H]2C[C@@H]2C1)C(C)(C)C)C(=O)OC.C=C[C@@H]1CC1(NC(=O)[C@@H]1C[C@@H](Oc2cc(-c3csc(NC(C)C)n3)nc3c(Cl)c(OCCN4CCOCC4(C)C)ccc23)CN1C(=O)[C@@H](NC(=O)OC1C[C@@H]2C[C@@H]2C1)C(C)(C)C)C(=O)OC.CC1(C)COCCN1. The number of methoxy groups -OCH3 is 2. The first kappa shape index (κ1) is 99.2. The highest BCUT2D eigenvalue weighted by molar-refractivity contribution is 7.14. The van der Waals surface area contributed by atoms with E-state index in [4.69, 9.17) is 90.5 Å². The van der Waals surface area contributed by atoms with Gasteiger partial charge in [0.1, 0.15) is 117 Å². The van der Waals surface area contributed by atoms with Crippen molar-refractivity contribution in [2.45, 2.75) is 244 Å². The Hall–Kier alpha value is -9.75. The van der Waals surface area contributed by atoms with Crippen LogP contribution in [0.4, 0.5) is 19.9 Å². The van der Waals surface area contributed by atoms with Crippen LogP contribution in [0.5, 0.6) is 23.0 Å². The molecular formula is C96H128Cl2N14O19S2. The Bertz CT molecular complexity index is 5320. The zero-order valence-electron chi connectivity index (χ0n) is 78.8. The molecule has 6 aliphatic carbocycles. The number of pyridine rings is 2. The fourth-order valence-corrected chi connectivity index (χ4v) is 21.1. The third-order valence-corrected chi connectivity index (χ3v) is 28.8. The standard InChI is InChI=1S/C48H64ClN7O9S.C42H51ClN6O9S.C6H13NO/c1-10-29-22-48(29,43(59)61-9)54-41(57)35-20-31(23-56(35)42(58)40(46(4,5)6)53-45(60)65-30-18-27-17-28(27)19-30)64-37-21-33(34-24-66-44(52-34)50-26(2)3)51-39-32(37)11-12-36(38(39)49)63-16-14-55-13-15-62-25-47(55,7)8;1-8-24-18-42(24,38(53)55-7)48-36(51)30-16-26(19-49(30)37(52)35(41(4,5)6)47-40(54)58-25-14-22-13-23(22)15-25)57-32-17-28(29-20-59-39(46-29)44-21(2)3)45-34-27(32)9-10-31(33(34)43)56-12-11-50;1-6(2)5-8-4-3-7-6/h10-12,21,24,26-31,35,40H,1,13-20,22-23,25H2,2-9H3,(H,50,52)(H,53,60)(H,54,57);8-11,17,20-26,30,35H,1,12-16,18-19H2,2-7H3,(H,44,46)(H,47,54)(H,48,51);7H,3-5H2,1-2H3/t27-,28+,29-,30?,31-,35+,40-,48?;22-,23+,24-,25?,26-,30+,35-,42?;/m11./s1. The minimum absolute atomic E-state index is 0.0204. The van der Waals surface area contributed by atoms with Crippen LogP contribution in [0.25, 0.3) is 44.6 Å². The summed E-state index contributed by atoms with van der Waals surface area (Å²) in [6.07, 6.45) is 6.90. The number of morpholine rings is 2. The summed E-state index contributed by atoms with van der Waals surface area (Å²) < 4.78 is 58.2. The number of likely N-dealkylation sites (tertiary alicyclic amines) is 2. The fourth-order valence-electron chi connectivity index (χ4n) is 18.9. The van der Waals surface area contributed by atoms with E-state index in [0.717, 1.165) is 57.1 Å². The van der Waals surface area contributed by atoms with Crippen LogP contribution in [-0.2, 0) is 62.0 Å². The van der Waals surface area contributed by atoms with Crippen molar-refractivity contribution in [2.24, 2.45) is 46.3 Å². The number of aldehydes is 1. The van der Waals surface area contributed by atoms with Gasteiger partial charge in [-0.3, -0.25) is 28.9 Å². The first-order valence-corrected chi connectivity index (χ1v) is 48.6. The van der Waals surface area contributed by atoms with Crippen LogP contribution in [0, 0.1) is 46.3 Å². The van der Waals surface area contributed by atoms with E-state index in [2.05, 4.69) is 83.0 Å². The lowest BCUT2D eigenvalue weighted by molar-refractivity contribution is -0.149. The average molecular weight is 1920 g/mol.